The van der Waals surface area contributed by atoms with Gasteiger partial charge < -0.3 is 15.1 Å². The molecular weight excluding hydrogens is 230 g/mol. The summed E-state index contributed by atoms with van der Waals surface area (Å²) in [5, 5.41) is 3.23. The topological polar surface area (TPSA) is 52.7 Å². The number of rotatable bonds is 3. The van der Waals surface area contributed by atoms with Crippen LogP contribution in [-0.2, 0) is 9.59 Å². The molecule has 0 spiro atoms. The summed E-state index contributed by atoms with van der Waals surface area (Å²) in [6, 6.07) is 0.122. The quantitative estimate of drug-likeness (QED) is 0.745. The largest absolute Gasteiger partial charge is 0.333 e. The summed E-state index contributed by atoms with van der Waals surface area (Å²) < 4.78 is 0. The molecule has 1 heterocycles. The van der Waals surface area contributed by atoms with Gasteiger partial charge in [0.15, 0.2) is 0 Å². The number of hydrogen-bond acceptors (Lipinski definition) is 3. The van der Waals surface area contributed by atoms with Crippen molar-refractivity contribution in [3.63, 3.8) is 0 Å². The van der Waals surface area contributed by atoms with Crippen molar-refractivity contribution in [1.29, 1.82) is 0 Å². The van der Waals surface area contributed by atoms with Crippen LogP contribution < -0.4 is 5.32 Å². The van der Waals surface area contributed by atoms with E-state index >= 15 is 0 Å². The van der Waals surface area contributed by atoms with Crippen molar-refractivity contribution in [3.05, 3.63) is 0 Å². The molecule has 1 aliphatic rings. The van der Waals surface area contributed by atoms with Crippen LogP contribution in [0.1, 0.15) is 33.6 Å². The summed E-state index contributed by atoms with van der Waals surface area (Å²) in [7, 11) is 0. The van der Waals surface area contributed by atoms with Gasteiger partial charge in [-0.15, -0.1) is 0 Å². The van der Waals surface area contributed by atoms with Crippen LogP contribution in [0.4, 0.5) is 0 Å². The van der Waals surface area contributed by atoms with Gasteiger partial charge in [-0.1, -0.05) is 6.92 Å². The third-order valence-electron chi connectivity index (χ3n) is 3.53. The maximum atomic E-state index is 12.2. The Bertz CT molecular complexity index is 286. The third-order valence-corrected chi connectivity index (χ3v) is 3.53. The number of nitrogens with one attached hydrogen (secondary N) is 1. The third kappa shape index (κ3) is 3.70. The van der Waals surface area contributed by atoms with Gasteiger partial charge in [0.1, 0.15) is 0 Å². The lowest BCUT2D eigenvalue weighted by Crippen LogP contribution is -2.49. The van der Waals surface area contributed by atoms with Crippen molar-refractivity contribution in [2.24, 2.45) is 0 Å². The predicted molar refractivity (Wildman–Crippen MR) is 71.2 cm³/mol. The number of hydrogen-bond donors (Lipinski definition) is 1. The van der Waals surface area contributed by atoms with Crippen molar-refractivity contribution in [3.8, 4) is 0 Å². The summed E-state index contributed by atoms with van der Waals surface area (Å²) in [5.41, 5.74) is 0. The maximum Gasteiger partial charge on any atom is 0.312 e. The molecule has 0 bridgehead atoms. The van der Waals surface area contributed by atoms with Crippen molar-refractivity contribution in [2.45, 2.75) is 39.7 Å². The lowest BCUT2D eigenvalue weighted by atomic mass is 10.2. The summed E-state index contributed by atoms with van der Waals surface area (Å²) in [6.45, 7) is 9.51. The van der Waals surface area contributed by atoms with Crippen molar-refractivity contribution >= 4 is 11.8 Å². The zero-order chi connectivity index (χ0) is 13.5. The van der Waals surface area contributed by atoms with E-state index < -0.39 is 0 Å². The van der Waals surface area contributed by atoms with Gasteiger partial charge >= 0.3 is 11.8 Å². The van der Waals surface area contributed by atoms with Crippen LogP contribution in [-0.4, -0.2) is 60.4 Å². The molecule has 18 heavy (non-hydrogen) atoms. The molecule has 0 saturated carbocycles. The van der Waals surface area contributed by atoms with E-state index in [4.69, 9.17) is 0 Å². The fourth-order valence-corrected chi connectivity index (χ4v) is 2.18. The Morgan fingerprint density at radius 3 is 2.61 bits per heavy atom. The lowest BCUT2D eigenvalue weighted by Gasteiger charge is -2.29. The second-order valence-electron chi connectivity index (χ2n) is 4.74. The second kappa shape index (κ2) is 7.36. The number of likely N-dealkylation sites (N-methyl/N-ethyl adjacent to an activating group) is 1. The van der Waals surface area contributed by atoms with E-state index in [1.54, 1.807) is 9.80 Å². The Kier molecular flexibility index (Phi) is 6.12. The van der Waals surface area contributed by atoms with Gasteiger partial charge in [-0.3, -0.25) is 9.59 Å². The molecule has 0 aromatic rings. The summed E-state index contributed by atoms with van der Waals surface area (Å²) in [5.74, 6) is -0.699. The van der Waals surface area contributed by atoms with E-state index in [9.17, 15) is 9.59 Å². The first-order valence-electron chi connectivity index (χ1n) is 6.92. The molecule has 0 radical (unpaired) electrons. The minimum Gasteiger partial charge on any atom is -0.333 e. The Hall–Kier alpha value is -1.10. The normalized spacial score (nSPS) is 18.1. The van der Waals surface area contributed by atoms with Crippen molar-refractivity contribution < 1.29 is 9.59 Å². The first-order chi connectivity index (χ1) is 8.61. The lowest BCUT2D eigenvalue weighted by molar-refractivity contribution is -0.152. The highest BCUT2D eigenvalue weighted by Crippen LogP contribution is 2.06. The molecule has 5 nitrogen and oxygen atoms in total. The smallest absolute Gasteiger partial charge is 0.312 e. The van der Waals surface area contributed by atoms with Gasteiger partial charge in [-0.2, -0.15) is 0 Å². The average Bonchev–Trinajstić information content (AvgIpc) is 2.67. The van der Waals surface area contributed by atoms with E-state index in [1.165, 1.54) is 0 Å². The highest BCUT2D eigenvalue weighted by atomic mass is 16.2. The Morgan fingerprint density at radius 1 is 1.28 bits per heavy atom. The molecule has 1 unspecified atom stereocenters. The Morgan fingerprint density at radius 2 is 2.00 bits per heavy atom. The number of amides is 2. The number of nitrogens with zero attached hydrogens (tertiary/aromatic N) is 2. The molecule has 1 fully saturated rings. The Labute approximate surface area is 110 Å². The molecule has 1 saturated heterocycles. The van der Waals surface area contributed by atoms with Crippen molar-refractivity contribution in [1.82, 2.24) is 15.1 Å². The van der Waals surface area contributed by atoms with E-state index in [2.05, 4.69) is 5.32 Å². The van der Waals surface area contributed by atoms with E-state index in [0.717, 1.165) is 25.9 Å². The fourth-order valence-electron chi connectivity index (χ4n) is 2.18. The standard InChI is InChI=1S/C13H25N3O2/c1-4-11(3)16(5-2)13(18)12(17)15-9-6-7-14-8-10-15/h11,14H,4-10H2,1-3H3. The van der Waals surface area contributed by atoms with Crippen LogP contribution in [0.15, 0.2) is 0 Å². The minimum absolute atomic E-state index is 0.122. The van der Waals surface area contributed by atoms with Gasteiger partial charge in [0.2, 0.25) is 0 Å². The van der Waals surface area contributed by atoms with Crippen molar-refractivity contribution in [2.75, 3.05) is 32.7 Å². The van der Waals surface area contributed by atoms with Crippen LogP contribution in [0.2, 0.25) is 0 Å². The summed E-state index contributed by atoms with van der Waals surface area (Å²) in [6.07, 6.45) is 1.78. The molecule has 1 N–H and O–H groups in total. The predicted octanol–water partition coefficient (Wildman–Crippen LogP) is 0.455. The summed E-state index contributed by atoms with van der Waals surface area (Å²) in [4.78, 5) is 27.7. The monoisotopic (exact) mass is 255 g/mol. The molecular formula is C13H25N3O2. The van der Waals surface area contributed by atoms with E-state index in [1.807, 2.05) is 20.8 Å². The molecule has 0 aromatic carbocycles. The molecule has 104 valence electrons. The highest BCUT2D eigenvalue weighted by Gasteiger charge is 2.28. The minimum atomic E-state index is -0.353. The molecule has 0 aliphatic carbocycles. The van der Waals surface area contributed by atoms with Crippen LogP contribution in [0.25, 0.3) is 0 Å². The molecule has 1 rings (SSSR count). The SMILES string of the molecule is CCC(C)N(CC)C(=O)C(=O)N1CCCNCC1. The van der Waals surface area contributed by atoms with Crippen LogP contribution in [0, 0.1) is 0 Å². The van der Waals surface area contributed by atoms with Crippen LogP contribution in [0.5, 0.6) is 0 Å². The fraction of sp³-hybridized carbons (Fsp3) is 0.846. The zero-order valence-corrected chi connectivity index (χ0v) is 11.7. The summed E-state index contributed by atoms with van der Waals surface area (Å²) >= 11 is 0. The van der Waals surface area contributed by atoms with E-state index in [0.29, 0.717) is 19.6 Å². The molecule has 2 amide bonds. The van der Waals surface area contributed by atoms with Gasteiger partial charge in [-0.05, 0) is 33.2 Å². The maximum absolute atomic E-state index is 12.2. The van der Waals surface area contributed by atoms with Gasteiger partial charge in [0.25, 0.3) is 0 Å². The van der Waals surface area contributed by atoms with Crippen LogP contribution in [0.3, 0.4) is 0 Å². The molecule has 1 aliphatic heterocycles. The number of carbonyl (C=O) groups is 2. The van der Waals surface area contributed by atoms with Gasteiger partial charge in [0, 0.05) is 32.2 Å². The second-order valence-corrected chi connectivity index (χ2v) is 4.74. The first kappa shape index (κ1) is 15.0. The Balaban J connectivity index is 2.65. The number of carbonyl (C=O) groups excluding carboxylic acids is 2. The van der Waals surface area contributed by atoms with E-state index in [-0.39, 0.29) is 17.9 Å². The molecule has 0 aromatic heterocycles. The van der Waals surface area contributed by atoms with Crippen LogP contribution >= 0.6 is 0 Å². The molecule has 1 atom stereocenters. The average molecular weight is 255 g/mol. The first-order valence-corrected chi connectivity index (χ1v) is 6.92. The zero-order valence-electron chi connectivity index (χ0n) is 11.7. The molecule has 5 heteroatoms. The van der Waals surface area contributed by atoms with Gasteiger partial charge in [0.05, 0.1) is 0 Å². The highest BCUT2D eigenvalue weighted by molar-refractivity contribution is 6.35. The van der Waals surface area contributed by atoms with Gasteiger partial charge in [-0.25, -0.2) is 0 Å².